The van der Waals surface area contributed by atoms with E-state index in [4.69, 9.17) is 13.5 Å². The van der Waals surface area contributed by atoms with Gasteiger partial charge in [-0.3, -0.25) is 0 Å². The van der Waals surface area contributed by atoms with Gasteiger partial charge >= 0.3 is 19.3 Å². The first-order chi connectivity index (χ1) is 7.06. The second kappa shape index (κ2) is 9.98. The Morgan fingerprint density at radius 1 is 1.13 bits per heavy atom. The molecule has 0 saturated carbocycles. The molecule has 15 heavy (non-hydrogen) atoms. The Morgan fingerprint density at radius 2 is 1.80 bits per heavy atom. The second-order valence-electron chi connectivity index (χ2n) is 4.61. The number of unbranched alkanes of at least 4 members (excludes halogenated alkanes) is 4. The summed E-state index contributed by atoms with van der Waals surface area (Å²) in [5, 5.41) is 0. The summed E-state index contributed by atoms with van der Waals surface area (Å²) in [6.07, 6.45) is 5.97. The van der Waals surface area contributed by atoms with Gasteiger partial charge in [0.1, 0.15) is 0 Å². The van der Waals surface area contributed by atoms with Crippen LogP contribution in [0.15, 0.2) is 0 Å². The van der Waals surface area contributed by atoms with Crippen molar-refractivity contribution in [3.8, 4) is 9.97 Å². The van der Waals surface area contributed by atoms with Gasteiger partial charge in [0.2, 0.25) is 0 Å². The van der Waals surface area contributed by atoms with E-state index < -0.39 is 27.6 Å². The molecule has 4 heteroatoms. The largest absolute Gasteiger partial charge is 0.598 e. The molecule has 0 spiro atoms. The first-order valence-electron chi connectivity index (χ1n) is 5.72. The maximum absolute atomic E-state index is 5.77. The van der Waals surface area contributed by atoms with Crippen molar-refractivity contribution in [2.75, 3.05) is 6.61 Å². The fourth-order valence-electron chi connectivity index (χ4n) is 1.18. The molecule has 0 rings (SSSR count). The Bertz CT molecular complexity index is 205. The van der Waals surface area contributed by atoms with Crippen molar-refractivity contribution in [3.05, 3.63) is 0 Å². The zero-order valence-electron chi connectivity index (χ0n) is 10.2. The van der Waals surface area contributed by atoms with Crippen LogP contribution in [0.2, 0.25) is 19.6 Å². The van der Waals surface area contributed by atoms with E-state index in [1.165, 1.54) is 25.7 Å². The number of hydrogen-bond acceptors (Lipinski definition) is 1. The quantitative estimate of drug-likeness (QED) is 0.384. The van der Waals surface area contributed by atoms with Crippen LogP contribution < -0.4 is 0 Å². The predicted molar refractivity (Wildman–Crippen MR) is 71.8 cm³/mol. The van der Waals surface area contributed by atoms with Crippen molar-refractivity contribution in [1.29, 1.82) is 0 Å². The summed E-state index contributed by atoms with van der Waals surface area (Å²) in [6, 6.07) is 0. The molecule has 0 amide bonds. The van der Waals surface area contributed by atoms with Gasteiger partial charge in [0, 0.05) is 13.0 Å². The molecule has 0 unspecified atom stereocenters. The normalized spacial score (nSPS) is 10.4. The molecule has 0 aliphatic carbocycles. The first kappa shape index (κ1) is 15.8. The Hall–Kier alpha value is 0.793. The van der Waals surface area contributed by atoms with Crippen molar-refractivity contribution in [2.24, 2.45) is 0 Å². The van der Waals surface area contributed by atoms with Crippen molar-refractivity contribution < 1.29 is 4.43 Å². The predicted octanol–water partition coefficient (Wildman–Crippen LogP) is 3.61. The highest BCUT2D eigenvalue weighted by atomic mass is 35.5. The molecule has 0 aromatic carbocycles. The Balaban J connectivity index is 3.12. The first-order valence-corrected chi connectivity index (χ1v) is 12.0. The number of rotatable bonds is 7. The Kier molecular flexibility index (Phi) is 10.5. The molecule has 0 saturated heterocycles. The maximum atomic E-state index is 5.77. The number of hydrogen-bond donors (Lipinski definition) is 0. The lowest BCUT2D eigenvalue weighted by Gasteiger charge is -2.16. The van der Waals surface area contributed by atoms with Crippen molar-refractivity contribution >= 4 is 36.7 Å². The third-order valence-corrected chi connectivity index (χ3v) is 3.78. The highest BCUT2D eigenvalue weighted by molar-refractivity contribution is 6.98. The molecule has 0 radical (unpaired) electrons. The zero-order chi connectivity index (χ0) is 11.6. The lowest BCUT2D eigenvalue weighted by atomic mass is 10.1. The van der Waals surface area contributed by atoms with Gasteiger partial charge in [0.15, 0.2) is 8.32 Å². The highest BCUT2D eigenvalue weighted by Crippen LogP contribution is 2.06. The maximum Gasteiger partial charge on any atom is 0.598 e. The molecule has 0 aromatic heterocycles. The molecule has 0 aromatic rings. The second-order valence-corrected chi connectivity index (χ2v) is 10.5. The molecule has 0 bridgehead atoms. The van der Waals surface area contributed by atoms with E-state index in [-0.39, 0.29) is 0 Å². The van der Waals surface area contributed by atoms with Gasteiger partial charge in [-0.15, -0.1) is 5.92 Å². The molecule has 1 nitrogen and oxygen atoms in total. The standard InChI is InChI=1S/C11H21OSi.ClH.Mg/c1-5-6-7-8-9-10-11-12-13(2,3)4;;/h6-11H2,2-4H3;1H;/q;;+1/p-1. The fourth-order valence-corrected chi connectivity index (χ4v) is 2.49. The van der Waals surface area contributed by atoms with E-state index in [2.05, 4.69) is 29.6 Å². The van der Waals surface area contributed by atoms with Gasteiger partial charge in [0.25, 0.3) is 0 Å². The van der Waals surface area contributed by atoms with Crippen LogP contribution in [0, 0.1) is 9.97 Å². The molecule has 0 aliphatic rings. The van der Waals surface area contributed by atoms with Crippen molar-refractivity contribution in [2.45, 2.75) is 51.7 Å². The molecule has 0 heterocycles. The summed E-state index contributed by atoms with van der Waals surface area (Å²) in [7, 11) is 4.30. The van der Waals surface area contributed by atoms with Crippen LogP contribution in [-0.4, -0.2) is 34.2 Å². The molecule has 0 fully saturated rings. The van der Waals surface area contributed by atoms with Crippen LogP contribution in [0.5, 0.6) is 0 Å². The minimum absolute atomic E-state index is 0.554. The van der Waals surface area contributed by atoms with Gasteiger partial charge in [0.05, 0.1) is 0 Å². The van der Waals surface area contributed by atoms with Crippen LogP contribution in [0.3, 0.4) is 0 Å². The van der Waals surface area contributed by atoms with Crippen LogP contribution in [0.4, 0.5) is 0 Å². The van der Waals surface area contributed by atoms with Crippen LogP contribution in [-0.2, 0) is 4.43 Å². The molecule has 0 aliphatic heterocycles. The Labute approximate surface area is 109 Å². The summed E-state index contributed by atoms with van der Waals surface area (Å²) in [5.41, 5.74) is 0. The van der Waals surface area contributed by atoms with E-state index in [0.29, 0.717) is 0 Å². The zero-order valence-corrected chi connectivity index (χ0v) is 13.4. The van der Waals surface area contributed by atoms with E-state index >= 15 is 0 Å². The van der Waals surface area contributed by atoms with E-state index in [9.17, 15) is 0 Å². The summed E-state index contributed by atoms with van der Waals surface area (Å²) >= 11 is -0.554. The molecule has 84 valence electrons. The van der Waals surface area contributed by atoms with E-state index in [1.54, 1.807) is 0 Å². The minimum atomic E-state index is -1.28. The smallest absolute Gasteiger partial charge is 0.418 e. The molecular weight excluding hydrogens is 236 g/mol. The van der Waals surface area contributed by atoms with Crippen LogP contribution in [0.25, 0.3) is 0 Å². The van der Waals surface area contributed by atoms with Crippen molar-refractivity contribution in [1.82, 2.24) is 0 Å². The Morgan fingerprint density at radius 3 is 2.40 bits per heavy atom. The highest BCUT2D eigenvalue weighted by Gasteiger charge is 2.12. The topological polar surface area (TPSA) is 9.23 Å². The lowest BCUT2D eigenvalue weighted by molar-refractivity contribution is 0.299. The van der Waals surface area contributed by atoms with Crippen LogP contribution in [0.1, 0.15) is 32.1 Å². The summed E-state index contributed by atoms with van der Waals surface area (Å²) in [6.45, 7) is 7.64. The van der Waals surface area contributed by atoms with Gasteiger partial charge in [-0.1, -0.05) is 12.8 Å². The minimum Gasteiger partial charge on any atom is -0.418 e. The van der Waals surface area contributed by atoms with Gasteiger partial charge in [-0.25, -0.2) is 4.05 Å². The third kappa shape index (κ3) is 14.8. The monoisotopic (exact) mass is 256 g/mol. The average Bonchev–Trinajstić information content (AvgIpc) is 2.14. The molecule has 0 N–H and O–H groups in total. The fraction of sp³-hybridized carbons (Fsp3) is 0.818. The van der Waals surface area contributed by atoms with E-state index in [0.717, 1.165) is 13.0 Å². The number of halogens is 1. The summed E-state index contributed by atoms with van der Waals surface area (Å²) in [4.78, 5) is 0. The third-order valence-electron chi connectivity index (χ3n) is 1.92. The lowest BCUT2D eigenvalue weighted by Crippen LogP contribution is -2.25. The van der Waals surface area contributed by atoms with E-state index in [1.807, 2.05) is 0 Å². The molecular formula is C11H21ClMgOSi. The SMILES string of the molecule is C[Si](C)(C)OCCCCCCC#[C][Mg][Cl]. The summed E-state index contributed by atoms with van der Waals surface area (Å²) in [5.74, 6) is 3.11. The molecule has 0 atom stereocenters. The summed E-state index contributed by atoms with van der Waals surface area (Å²) < 4.78 is 8.78. The van der Waals surface area contributed by atoms with Gasteiger partial charge in [-0.05, 0) is 32.5 Å². The average molecular weight is 257 g/mol. The van der Waals surface area contributed by atoms with Gasteiger partial charge < -0.3 is 13.5 Å². The van der Waals surface area contributed by atoms with Crippen molar-refractivity contribution in [3.63, 3.8) is 0 Å². The van der Waals surface area contributed by atoms with Gasteiger partial charge in [-0.2, -0.15) is 0 Å². The van der Waals surface area contributed by atoms with Crippen LogP contribution >= 0.6 is 9.07 Å².